The minimum atomic E-state index is -0.988. The average Bonchev–Trinajstić information content (AvgIpc) is 2.93. The highest BCUT2D eigenvalue weighted by Gasteiger charge is 2.65. The van der Waals surface area contributed by atoms with Crippen LogP contribution in [0, 0.1) is 17.3 Å². The van der Waals surface area contributed by atoms with Crippen LogP contribution in [0.2, 0.25) is 0 Å². The van der Waals surface area contributed by atoms with E-state index in [0.717, 1.165) is 0 Å². The molecule has 4 N–H and O–H groups in total. The summed E-state index contributed by atoms with van der Waals surface area (Å²) >= 11 is 0. The summed E-state index contributed by atoms with van der Waals surface area (Å²) in [6.07, 6.45) is 0. The molecule has 0 saturated heterocycles. The molecule has 1 saturated carbocycles. The highest BCUT2D eigenvalue weighted by molar-refractivity contribution is 6.05. The molecule has 0 bridgehead atoms. The van der Waals surface area contributed by atoms with Gasteiger partial charge in [-0.2, -0.15) is 0 Å². The number of hydrogen-bond acceptors (Lipinski definition) is 3. The van der Waals surface area contributed by atoms with Gasteiger partial charge in [0.25, 0.3) is 5.91 Å². The lowest BCUT2D eigenvalue weighted by molar-refractivity contribution is -0.140. The largest absolute Gasteiger partial charge is 0.481 e. The lowest BCUT2D eigenvalue weighted by Crippen LogP contribution is -2.21. The molecule has 0 aromatic heterocycles. The Kier molecular flexibility index (Phi) is 3.25. The Morgan fingerprint density at radius 3 is 2.30 bits per heavy atom. The Labute approximate surface area is 116 Å². The van der Waals surface area contributed by atoms with Gasteiger partial charge in [0.1, 0.15) is 0 Å². The van der Waals surface area contributed by atoms with Crippen molar-refractivity contribution < 1.29 is 19.5 Å². The maximum Gasteiger partial charge on any atom is 0.307 e. The van der Waals surface area contributed by atoms with Gasteiger partial charge in [-0.15, -0.1) is 0 Å². The Morgan fingerprint density at radius 2 is 1.80 bits per heavy atom. The number of nitrogens with two attached hydrogens (primary N) is 1. The zero-order valence-electron chi connectivity index (χ0n) is 11.2. The van der Waals surface area contributed by atoms with Crippen LogP contribution in [0.5, 0.6) is 0 Å². The van der Waals surface area contributed by atoms with Gasteiger partial charge in [0.2, 0.25) is 5.91 Å². The van der Waals surface area contributed by atoms with Crippen LogP contribution < -0.4 is 11.1 Å². The summed E-state index contributed by atoms with van der Waals surface area (Å²) in [7, 11) is 0. The van der Waals surface area contributed by atoms with E-state index in [1.807, 2.05) is 0 Å². The monoisotopic (exact) mass is 276 g/mol. The first-order valence-electron chi connectivity index (χ1n) is 6.19. The number of nitrogens with one attached hydrogen (secondary N) is 1. The number of carbonyl (C=O) groups excluding carboxylic acids is 2. The SMILES string of the molecule is CC1(C)C(C(=O)O)C1C(=O)Nc1ccccc1C(N)=O. The van der Waals surface area contributed by atoms with E-state index in [1.54, 1.807) is 32.0 Å². The number of anilines is 1. The Morgan fingerprint density at radius 1 is 1.20 bits per heavy atom. The second-order valence-electron chi connectivity index (χ2n) is 5.51. The van der Waals surface area contributed by atoms with Crippen LogP contribution in [0.1, 0.15) is 24.2 Å². The number of hydrogen-bond donors (Lipinski definition) is 3. The van der Waals surface area contributed by atoms with Crippen LogP contribution in [0.3, 0.4) is 0 Å². The number of amides is 2. The van der Waals surface area contributed by atoms with E-state index in [0.29, 0.717) is 5.69 Å². The summed E-state index contributed by atoms with van der Waals surface area (Å²) in [4.78, 5) is 34.5. The number of aliphatic carboxylic acids is 1. The lowest BCUT2D eigenvalue weighted by Gasteiger charge is -2.09. The molecule has 2 atom stereocenters. The van der Waals surface area contributed by atoms with Crippen LogP contribution in [0.15, 0.2) is 24.3 Å². The number of carbonyl (C=O) groups is 3. The van der Waals surface area contributed by atoms with Gasteiger partial charge in [-0.3, -0.25) is 14.4 Å². The molecule has 6 nitrogen and oxygen atoms in total. The number of para-hydroxylation sites is 1. The zero-order chi connectivity index (χ0) is 15.1. The summed E-state index contributed by atoms with van der Waals surface area (Å²) in [5, 5.41) is 11.7. The number of primary amides is 1. The zero-order valence-corrected chi connectivity index (χ0v) is 11.2. The van der Waals surface area contributed by atoms with Gasteiger partial charge in [-0.05, 0) is 17.5 Å². The fourth-order valence-electron chi connectivity index (χ4n) is 2.61. The van der Waals surface area contributed by atoms with E-state index < -0.39 is 35.0 Å². The van der Waals surface area contributed by atoms with Gasteiger partial charge in [0.05, 0.1) is 23.1 Å². The molecule has 0 heterocycles. The minimum absolute atomic E-state index is 0.200. The normalized spacial score (nSPS) is 22.9. The van der Waals surface area contributed by atoms with E-state index in [4.69, 9.17) is 10.8 Å². The Hall–Kier alpha value is -2.37. The number of carboxylic acid groups (broad SMARTS) is 1. The smallest absolute Gasteiger partial charge is 0.307 e. The molecule has 1 fully saturated rings. The standard InChI is InChI=1S/C14H16N2O4/c1-14(2)9(10(14)13(19)20)12(18)16-8-6-4-3-5-7(8)11(15)17/h3-6,9-10H,1-2H3,(H2,15,17)(H,16,18)(H,19,20). The molecule has 1 aliphatic carbocycles. The predicted octanol–water partition coefficient (Wildman–Crippen LogP) is 1.08. The summed E-state index contributed by atoms with van der Waals surface area (Å²) in [5.41, 5.74) is 5.14. The van der Waals surface area contributed by atoms with Crippen molar-refractivity contribution in [3.63, 3.8) is 0 Å². The summed E-state index contributed by atoms with van der Waals surface area (Å²) < 4.78 is 0. The molecule has 20 heavy (non-hydrogen) atoms. The van der Waals surface area contributed by atoms with Gasteiger partial charge < -0.3 is 16.2 Å². The van der Waals surface area contributed by atoms with Gasteiger partial charge >= 0.3 is 5.97 Å². The fraction of sp³-hybridized carbons (Fsp3) is 0.357. The molecule has 2 unspecified atom stereocenters. The van der Waals surface area contributed by atoms with Crippen molar-refractivity contribution in [1.82, 2.24) is 0 Å². The van der Waals surface area contributed by atoms with E-state index in [2.05, 4.69) is 5.32 Å². The van der Waals surface area contributed by atoms with Gasteiger partial charge in [0, 0.05) is 0 Å². The van der Waals surface area contributed by atoms with Crippen molar-refractivity contribution in [2.24, 2.45) is 23.0 Å². The maximum absolute atomic E-state index is 12.2. The topological polar surface area (TPSA) is 109 Å². The van der Waals surface area contributed by atoms with E-state index in [-0.39, 0.29) is 5.56 Å². The number of rotatable bonds is 4. The van der Waals surface area contributed by atoms with E-state index in [9.17, 15) is 14.4 Å². The molecule has 0 aliphatic heterocycles. The van der Waals surface area contributed by atoms with Crippen molar-refractivity contribution in [2.75, 3.05) is 5.32 Å². The molecule has 0 radical (unpaired) electrons. The van der Waals surface area contributed by atoms with Crippen molar-refractivity contribution in [3.8, 4) is 0 Å². The van der Waals surface area contributed by atoms with Gasteiger partial charge in [0.15, 0.2) is 0 Å². The molecular formula is C14H16N2O4. The third kappa shape index (κ3) is 2.24. The minimum Gasteiger partial charge on any atom is -0.481 e. The van der Waals surface area contributed by atoms with Crippen molar-refractivity contribution in [1.29, 1.82) is 0 Å². The molecule has 106 valence electrons. The van der Waals surface area contributed by atoms with Gasteiger partial charge in [-0.1, -0.05) is 26.0 Å². The molecule has 1 aromatic rings. The predicted molar refractivity (Wildman–Crippen MR) is 72.0 cm³/mol. The van der Waals surface area contributed by atoms with Crippen molar-refractivity contribution in [3.05, 3.63) is 29.8 Å². The van der Waals surface area contributed by atoms with Crippen LogP contribution in [0.4, 0.5) is 5.69 Å². The third-order valence-corrected chi connectivity index (χ3v) is 3.83. The number of benzene rings is 1. The second-order valence-corrected chi connectivity index (χ2v) is 5.51. The summed E-state index contributed by atoms with van der Waals surface area (Å²) in [6, 6.07) is 6.36. The van der Waals surface area contributed by atoms with E-state index in [1.165, 1.54) is 6.07 Å². The number of carboxylic acids is 1. The Bertz CT molecular complexity index is 595. The van der Waals surface area contributed by atoms with Crippen LogP contribution in [-0.4, -0.2) is 22.9 Å². The summed E-state index contributed by atoms with van der Waals surface area (Å²) in [6.45, 7) is 3.46. The third-order valence-electron chi connectivity index (χ3n) is 3.83. The average molecular weight is 276 g/mol. The quantitative estimate of drug-likeness (QED) is 0.764. The van der Waals surface area contributed by atoms with Crippen molar-refractivity contribution in [2.45, 2.75) is 13.8 Å². The fourth-order valence-corrected chi connectivity index (χ4v) is 2.61. The van der Waals surface area contributed by atoms with Gasteiger partial charge in [-0.25, -0.2) is 0 Å². The highest BCUT2D eigenvalue weighted by atomic mass is 16.4. The molecule has 6 heteroatoms. The van der Waals surface area contributed by atoms with Crippen LogP contribution in [-0.2, 0) is 9.59 Å². The molecular weight excluding hydrogens is 260 g/mol. The molecule has 1 aromatic carbocycles. The maximum atomic E-state index is 12.2. The first-order chi connectivity index (χ1) is 9.26. The highest BCUT2D eigenvalue weighted by Crippen LogP contribution is 2.58. The molecule has 1 aliphatic rings. The van der Waals surface area contributed by atoms with E-state index >= 15 is 0 Å². The first kappa shape index (κ1) is 14.0. The van der Waals surface area contributed by atoms with Crippen LogP contribution >= 0.6 is 0 Å². The second kappa shape index (κ2) is 4.63. The van der Waals surface area contributed by atoms with Crippen LogP contribution in [0.25, 0.3) is 0 Å². The summed E-state index contributed by atoms with van der Waals surface area (Å²) in [5.74, 6) is -3.36. The molecule has 2 rings (SSSR count). The molecule has 0 spiro atoms. The first-order valence-corrected chi connectivity index (χ1v) is 6.19. The lowest BCUT2D eigenvalue weighted by atomic mass is 10.1. The Balaban J connectivity index is 2.18. The molecule has 2 amide bonds. The van der Waals surface area contributed by atoms with Crippen molar-refractivity contribution >= 4 is 23.5 Å².